The number of ether oxygens (including phenoxy) is 1. The minimum atomic E-state index is -0.506. The van der Waals surface area contributed by atoms with Crippen LogP contribution < -0.4 is 0 Å². The summed E-state index contributed by atoms with van der Waals surface area (Å²) in [4.78, 5) is 18.3. The van der Waals surface area contributed by atoms with Gasteiger partial charge < -0.3 is 14.7 Å². The van der Waals surface area contributed by atoms with Crippen molar-refractivity contribution in [3.8, 4) is 11.3 Å². The van der Waals surface area contributed by atoms with Gasteiger partial charge in [0.2, 0.25) is 0 Å². The van der Waals surface area contributed by atoms with Crippen molar-refractivity contribution < 1.29 is 19.0 Å². The standard InChI is InChI=1S/C21H25FN2O3/c1-15(24-12-11-21(2,10-3-13-25)27-20(24)26)16-4-6-17(7-5-16)19-9-8-18(22)14-23-19/h4-9,14-15,25H,3,10-13H2,1-2H3/t15-,21+/m0/s1. The Hall–Kier alpha value is -2.47. The zero-order valence-electron chi connectivity index (χ0n) is 15.7. The molecule has 1 aromatic carbocycles. The fraction of sp³-hybridized carbons (Fsp3) is 0.429. The molecule has 2 aromatic rings. The third-order valence-corrected chi connectivity index (χ3v) is 5.20. The third kappa shape index (κ3) is 4.45. The van der Waals surface area contributed by atoms with E-state index in [9.17, 15) is 9.18 Å². The van der Waals surface area contributed by atoms with Crippen LogP contribution in [0.15, 0.2) is 42.6 Å². The fourth-order valence-corrected chi connectivity index (χ4v) is 3.41. The molecule has 27 heavy (non-hydrogen) atoms. The number of carbonyl (C=O) groups is 1. The number of hydrogen-bond acceptors (Lipinski definition) is 4. The highest BCUT2D eigenvalue weighted by Crippen LogP contribution is 2.33. The van der Waals surface area contributed by atoms with Crippen LogP contribution in [0.4, 0.5) is 9.18 Å². The lowest BCUT2D eigenvalue weighted by Crippen LogP contribution is -2.48. The first-order chi connectivity index (χ1) is 12.9. The van der Waals surface area contributed by atoms with Crippen LogP contribution >= 0.6 is 0 Å². The van der Waals surface area contributed by atoms with Crippen LogP contribution in [0.2, 0.25) is 0 Å². The van der Waals surface area contributed by atoms with E-state index in [1.165, 1.54) is 12.3 Å². The van der Waals surface area contributed by atoms with Gasteiger partial charge in [0.15, 0.2) is 0 Å². The molecular formula is C21H25FN2O3. The molecular weight excluding hydrogens is 347 g/mol. The second kappa shape index (κ2) is 8.05. The second-order valence-corrected chi connectivity index (χ2v) is 7.25. The molecule has 3 rings (SSSR count). The van der Waals surface area contributed by atoms with E-state index in [2.05, 4.69) is 4.98 Å². The number of amides is 1. The smallest absolute Gasteiger partial charge is 0.410 e. The fourth-order valence-electron chi connectivity index (χ4n) is 3.41. The van der Waals surface area contributed by atoms with Gasteiger partial charge in [0, 0.05) is 25.1 Å². The highest BCUT2D eigenvalue weighted by atomic mass is 19.1. The van der Waals surface area contributed by atoms with Crippen molar-refractivity contribution in [2.45, 2.75) is 44.8 Å². The Morgan fingerprint density at radius 3 is 2.63 bits per heavy atom. The average molecular weight is 372 g/mol. The highest BCUT2D eigenvalue weighted by molar-refractivity contribution is 5.70. The molecule has 0 bridgehead atoms. The average Bonchev–Trinajstić information content (AvgIpc) is 2.67. The molecule has 1 aromatic heterocycles. The molecule has 0 spiro atoms. The van der Waals surface area contributed by atoms with Gasteiger partial charge in [-0.3, -0.25) is 4.98 Å². The van der Waals surface area contributed by atoms with Crippen LogP contribution in [0, 0.1) is 5.82 Å². The van der Waals surface area contributed by atoms with E-state index in [-0.39, 0.29) is 24.6 Å². The predicted molar refractivity (Wildman–Crippen MR) is 101 cm³/mol. The molecule has 2 heterocycles. The van der Waals surface area contributed by atoms with E-state index in [0.717, 1.165) is 17.5 Å². The Bertz CT molecular complexity index is 779. The molecule has 0 unspecified atom stereocenters. The van der Waals surface area contributed by atoms with Crippen LogP contribution in [0.3, 0.4) is 0 Å². The summed E-state index contributed by atoms with van der Waals surface area (Å²) in [6, 6.07) is 10.7. The molecule has 1 aliphatic rings. The Labute approximate surface area is 158 Å². The minimum absolute atomic E-state index is 0.0997. The maximum atomic E-state index is 13.0. The number of carbonyl (C=O) groups excluding carboxylic acids is 1. The molecule has 1 amide bonds. The Balaban J connectivity index is 1.68. The third-order valence-electron chi connectivity index (χ3n) is 5.20. The predicted octanol–water partition coefficient (Wildman–Crippen LogP) is 4.32. The van der Waals surface area contributed by atoms with Gasteiger partial charge in [0.25, 0.3) is 0 Å². The van der Waals surface area contributed by atoms with Gasteiger partial charge >= 0.3 is 6.09 Å². The van der Waals surface area contributed by atoms with Crippen molar-refractivity contribution in [1.29, 1.82) is 0 Å². The van der Waals surface area contributed by atoms with Crippen LogP contribution in [0.25, 0.3) is 11.3 Å². The van der Waals surface area contributed by atoms with Gasteiger partial charge in [-0.25, -0.2) is 9.18 Å². The number of aliphatic hydroxyl groups excluding tert-OH is 1. The van der Waals surface area contributed by atoms with E-state index < -0.39 is 5.60 Å². The lowest BCUT2D eigenvalue weighted by atomic mass is 9.93. The van der Waals surface area contributed by atoms with Crippen LogP contribution in [0.5, 0.6) is 0 Å². The zero-order valence-corrected chi connectivity index (χ0v) is 15.7. The zero-order chi connectivity index (χ0) is 19.4. The summed E-state index contributed by atoms with van der Waals surface area (Å²) < 4.78 is 18.7. The van der Waals surface area contributed by atoms with E-state index in [0.29, 0.717) is 25.1 Å². The summed E-state index contributed by atoms with van der Waals surface area (Å²) in [6.07, 6.45) is 2.90. The quantitative estimate of drug-likeness (QED) is 0.820. The summed E-state index contributed by atoms with van der Waals surface area (Å²) in [6.45, 7) is 4.61. The number of aromatic nitrogens is 1. The lowest BCUT2D eigenvalue weighted by Gasteiger charge is -2.41. The molecule has 0 saturated carbocycles. The first-order valence-corrected chi connectivity index (χ1v) is 9.24. The Morgan fingerprint density at radius 1 is 1.30 bits per heavy atom. The van der Waals surface area contributed by atoms with Gasteiger partial charge in [-0.2, -0.15) is 0 Å². The van der Waals surface area contributed by atoms with Gasteiger partial charge in [-0.1, -0.05) is 24.3 Å². The molecule has 2 atom stereocenters. The first-order valence-electron chi connectivity index (χ1n) is 9.24. The largest absolute Gasteiger partial charge is 0.443 e. The Kier molecular flexibility index (Phi) is 5.75. The van der Waals surface area contributed by atoms with Gasteiger partial charge in [-0.05, 0) is 44.4 Å². The Morgan fingerprint density at radius 2 is 2.04 bits per heavy atom. The molecule has 1 aliphatic heterocycles. The van der Waals surface area contributed by atoms with Crippen molar-refractivity contribution in [3.63, 3.8) is 0 Å². The number of nitrogens with zero attached hydrogens (tertiary/aromatic N) is 2. The maximum Gasteiger partial charge on any atom is 0.410 e. The van der Waals surface area contributed by atoms with Crippen molar-refractivity contribution in [3.05, 3.63) is 54.0 Å². The molecule has 5 nitrogen and oxygen atoms in total. The molecule has 144 valence electrons. The molecule has 1 N–H and O–H groups in total. The minimum Gasteiger partial charge on any atom is -0.443 e. The number of cyclic esters (lactones) is 1. The summed E-state index contributed by atoms with van der Waals surface area (Å²) in [5.41, 5.74) is 2.09. The van der Waals surface area contributed by atoms with Crippen molar-refractivity contribution >= 4 is 6.09 Å². The number of rotatable bonds is 6. The first kappa shape index (κ1) is 19.3. The topological polar surface area (TPSA) is 62.7 Å². The van der Waals surface area contributed by atoms with E-state index in [4.69, 9.17) is 9.84 Å². The lowest BCUT2D eigenvalue weighted by molar-refractivity contribution is -0.0521. The maximum absolute atomic E-state index is 13.0. The van der Waals surface area contributed by atoms with Crippen LogP contribution in [0.1, 0.15) is 44.7 Å². The number of aliphatic hydroxyl groups is 1. The SMILES string of the molecule is C[C@@H](c1ccc(-c2ccc(F)cn2)cc1)N1CC[C@@](C)(CCCO)OC1=O. The van der Waals surface area contributed by atoms with E-state index >= 15 is 0 Å². The monoisotopic (exact) mass is 372 g/mol. The number of halogens is 1. The van der Waals surface area contributed by atoms with E-state index in [1.807, 2.05) is 38.1 Å². The molecule has 6 heteroatoms. The van der Waals surface area contributed by atoms with Gasteiger partial charge in [0.1, 0.15) is 11.4 Å². The summed E-state index contributed by atoms with van der Waals surface area (Å²) in [5, 5.41) is 9.01. The van der Waals surface area contributed by atoms with Gasteiger partial charge in [0.05, 0.1) is 17.9 Å². The van der Waals surface area contributed by atoms with Crippen molar-refractivity contribution in [2.75, 3.05) is 13.2 Å². The van der Waals surface area contributed by atoms with E-state index in [1.54, 1.807) is 11.0 Å². The second-order valence-electron chi connectivity index (χ2n) is 7.25. The van der Waals surface area contributed by atoms with Crippen molar-refractivity contribution in [1.82, 2.24) is 9.88 Å². The highest BCUT2D eigenvalue weighted by Gasteiger charge is 2.38. The summed E-state index contributed by atoms with van der Waals surface area (Å²) in [7, 11) is 0. The molecule has 1 fully saturated rings. The summed E-state index contributed by atoms with van der Waals surface area (Å²) >= 11 is 0. The van der Waals surface area contributed by atoms with Crippen LogP contribution in [-0.4, -0.2) is 39.8 Å². The van der Waals surface area contributed by atoms with Gasteiger partial charge in [-0.15, -0.1) is 0 Å². The number of hydrogen-bond donors (Lipinski definition) is 1. The normalized spacial score (nSPS) is 21.0. The number of benzene rings is 1. The number of pyridine rings is 1. The molecule has 1 saturated heterocycles. The summed E-state index contributed by atoms with van der Waals surface area (Å²) in [5.74, 6) is -0.362. The molecule has 0 radical (unpaired) electrons. The van der Waals surface area contributed by atoms with Crippen LogP contribution in [-0.2, 0) is 4.74 Å². The van der Waals surface area contributed by atoms with Crippen molar-refractivity contribution in [2.24, 2.45) is 0 Å². The molecule has 0 aliphatic carbocycles.